The summed E-state index contributed by atoms with van der Waals surface area (Å²) in [6.07, 6.45) is 0.117. The van der Waals surface area contributed by atoms with Gasteiger partial charge in [0.15, 0.2) is 23.1 Å². The Kier molecular flexibility index (Phi) is 6.42. The highest BCUT2D eigenvalue weighted by Gasteiger charge is 2.43. The summed E-state index contributed by atoms with van der Waals surface area (Å²) in [5, 5.41) is 10.1. The molecule has 1 saturated heterocycles. The Morgan fingerprint density at radius 1 is 1.08 bits per heavy atom. The van der Waals surface area contributed by atoms with Gasteiger partial charge in [-0.25, -0.2) is 32.5 Å². The molecular weight excluding hydrogens is 492 g/mol. The standard InChI is InChI=1S/C24H24F4N8O/c25-15-3-2-13(6-16(15)26)17-7-14(9-36-12-34-19-22(29)32-11-33-23(19)36)18(8-31-17)35-5-1-4-24(30,10-35)20(37)21(27)28/h2-3,6-8,11-12,20-21,37H,1,4-5,9-10,30H2,(H2,29,32,33)/t20-,24+/m0/s1. The molecule has 1 aromatic carbocycles. The largest absolute Gasteiger partial charge is 0.385 e. The molecule has 5 N–H and O–H groups in total. The summed E-state index contributed by atoms with van der Waals surface area (Å²) in [4.78, 5) is 18.7. The van der Waals surface area contributed by atoms with Crippen LogP contribution in [0.4, 0.5) is 29.1 Å². The van der Waals surface area contributed by atoms with E-state index in [4.69, 9.17) is 11.5 Å². The van der Waals surface area contributed by atoms with Gasteiger partial charge in [-0.15, -0.1) is 0 Å². The van der Waals surface area contributed by atoms with Crippen LogP contribution in [0.2, 0.25) is 0 Å². The minimum atomic E-state index is -2.99. The van der Waals surface area contributed by atoms with E-state index >= 15 is 0 Å². The fourth-order valence-corrected chi connectivity index (χ4v) is 4.72. The van der Waals surface area contributed by atoms with Gasteiger partial charge in [0.1, 0.15) is 17.9 Å². The number of nitrogens with two attached hydrogens (primary N) is 2. The predicted molar refractivity (Wildman–Crippen MR) is 129 cm³/mol. The molecule has 0 amide bonds. The number of alkyl halides is 2. The molecule has 13 heteroatoms. The summed E-state index contributed by atoms with van der Waals surface area (Å²) in [5.41, 5.74) is 13.5. The Morgan fingerprint density at radius 3 is 2.65 bits per heavy atom. The average molecular weight is 517 g/mol. The topological polar surface area (TPSA) is 132 Å². The maximum absolute atomic E-state index is 13.9. The van der Waals surface area contributed by atoms with E-state index in [1.807, 2.05) is 0 Å². The van der Waals surface area contributed by atoms with Crippen molar-refractivity contribution in [3.05, 3.63) is 60.3 Å². The van der Waals surface area contributed by atoms with Crippen molar-refractivity contribution in [1.82, 2.24) is 24.5 Å². The molecule has 0 aliphatic carbocycles. The molecule has 1 aliphatic heterocycles. The zero-order chi connectivity index (χ0) is 26.3. The number of nitrogen functional groups attached to an aromatic ring is 1. The third-order valence-electron chi connectivity index (χ3n) is 6.68. The molecule has 0 unspecified atom stereocenters. The second-order valence-corrected chi connectivity index (χ2v) is 9.17. The van der Waals surface area contributed by atoms with E-state index in [2.05, 4.69) is 19.9 Å². The Hall–Kier alpha value is -3.84. The van der Waals surface area contributed by atoms with Crippen molar-refractivity contribution < 1.29 is 22.7 Å². The van der Waals surface area contributed by atoms with E-state index in [1.54, 1.807) is 21.9 Å². The van der Waals surface area contributed by atoms with Crippen molar-refractivity contribution in [3.8, 4) is 11.3 Å². The smallest absolute Gasteiger partial charge is 0.265 e. The fraction of sp³-hybridized carbons (Fsp3) is 0.333. The number of anilines is 2. The van der Waals surface area contributed by atoms with Gasteiger partial charge in [0.25, 0.3) is 6.43 Å². The van der Waals surface area contributed by atoms with Crippen LogP contribution >= 0.6 is 0 Å². The molecule has 37 heavy (non-hydrogen) atoms. The molecule has 0 spiro atoms. The average Bonchev–Trinajstić information content (AvgIpc) is 3.29. The van der Waals surface area contributed by atoms with Gasteiger partial charge >= 0.3 is 0 Å². The zero-order valence-corrected chi connectivity index (χ0v) is 19.5. The maximum Gasteiger partial charge on any atom is 0.265 e. The van der Waals surface area contributed by atoms with Crippen LogP contribution in [-0.2, 0) is 6.54 Å². The number of aromatic nitrogens is 5. The fourth-order valence-electron chi connectivity index (χ4n) is 4.72. The van der Waals surface area contributed by atoms with Gasteiger partial charge < -0.3 is 26.0 Å². The van der Waals surface area contributed by atoms with Gasteiger partial charge in [0.2, 0.25) is 0 Å². The highest BCUT2D eigenvalue weighted by Crippen LogP contribution is 2.33. The Balaban J connectivity index is 1.58. The number of hydrogen-bond donors (Lipinski definition) is 3. The second-order valence-electron chi connectivity index (χ2n) is 9.17. The first kappa shape index (κ1) is 24.8. The summed E-state index contributed by atoms with van der Waals surface area (Å²) in [6.45, 7) is 0.679. The third kappa shape index (κ3) is 4.67. The number of fused-ring (bicyclic) bond motifs is 1. The number of pyridine rings is 1. The van der Waals surface area contributed by atoms with Crippen LogP contribution in [-0.4, -0.2) is 60.8 Å². The van der Waals surface area contributed by atoms with Gasteiger partial charge in [-0.1, -0.05) is 0 Å². The number of hydrogen-bond acceptors (Lipinski definition) is 8. The van der Waals surface area contributed by atoms with E-state index < -0.39 is 29.7 Å². The summed E-state index contributed by atoms with van der Waals surface area (Å²) >= 11 is 0. The van der Waals surface area contributed by atoms with Crippen molar-refractivity contribution >= 4 is 22.7 Å². The number of piperidine rings is 1. The lowest BCUT2D eigenvalue weighted by atomic mass is 9.84. The normalized spacial score (nSPS) is 19.1. The number of aliphatic hydroxyl groups excluding tert-OH is 1. The SMILES string of the molecule is Nc1ncnc2c1ncn2Cc1cc(-c2ccc(F)c(F)c2)ncc1N1CCC[C@](N)([C@@H](O)C(F)F)C1. The Morgan fingerprint density at radius 2 is 1.89 bits per heavy atom. The number of benzene rings is 1. The first-order chi connectivity index (χ1) is 17.7. The molecule has 2 atom stereocenters. The van der Waals surface area contributed by atoms with Crippen LogP contribution in [0.15, 0.2) is 43.1 Å². The molecule has 0 radical (unpaired) electrons. The highest BCUT2D eigenvalue weighted by atomic mass is 19.3. The van der Waals surface area contributed by atoms with Crippen LogP contribution in [0.5, 0.6) is 0 Å². The molecule has 1 fully saturated rings. The number of rotatable bonds is 6. The van der Waals surface area contributed by atoms with Gasteiger partial charge in [0.05, 0.1) is 36.0 Å². The first-order valence-corrected chi connectivity index (χ1v) is 11.5. The predicted octanol–water partition coefficient (Wildman–Crippen LogP) is 2.72. The lowest BCUT2D eigenvalue weighted by Crippen LogP contribution is -2.63. The van der Waals surface area contributed by atoms with Crippen molar-refractivity contribution in [2.24, 2.45) is 5.73 Å². The van der Waals surface area contributed by atoms with Crippen molar-refractivity contribution in [3.63, 3.8) is 0 Å². The molecule has 4 aromatic rings. The Bertz CT molecular complexity index is 1450. The summed E-state index contributed by atoms with van der Waals surface area (Å²) in [6, 6.07) is 5.18. The zero-order valence-electron chi connectivity index (χ0n) is 19.5. The molecule has 9 nitrogen and oxygen atoms in total. The summed E-state index contributed by atoms with van der Waals surface area (Å²) in [7, 11) is 0. The maximum atomic E-state index is 13.9. The second kappa shape index (κ2) is 9.56. The number of aliphatic hydroxyl groups is 1. The van der Waals surface area contributed by atoms with E-state index in [0.717, 1.165) is 12.1 Å². The quantitative estimate of drug-likeness (QED) is 0.334. The highest BCUT2D eigenvalue weighted by molar-refractivity contribution is 5.81. The van der Waals surface area contributed by atoms with E-state index in [-0.39, 0.29) is 25.3 Å². The lowest BCUT2D eigenvalue weighted by Gasteiger charge is -2.44. The van der Waals surface area contributed by atoms with Crippen molar-refractivity contribution in [2.75, 3.05) is 23.7 Å². The molecule has 1 aliphatic rings. The third-order valence-corrected chi connectivity index (χ3v) is 6.68. The van der Waals surface area contributed by atoms with Crippen LogP contribution in [0.1, 0.15) is 18.4 Å². The van der Waals surface area contributed by atoms with E-state index in [1.165, 1.54) is 18.6 Å². The van der Waals surface area contributed by atoms with Crippen LogP contribution < -0.4 is 16.4 Å². The molecule has 0 bridgehead atoms. The van der Waals surface area contributed by atoms with Crippen molar-refractivity contribution in [2.45, 2.75) is 37.5 Å². The van der Waals surface area contributed by atoms with E-state index in [9.17, 15) is 22.7 Å². The van der Waals surface area contributed by atoms with E-state index in [0.29, 0.717) is 46.6 Å². The number of nitrogens with zero attached hydrogens (tertiary/aromatic N) is 6. The molecule has 194 valence electrons. The van der Waals surface area contributed by atoms with Gasteiger partial charge in [0, 0.05) is 18.7 Å². The van der Waals surface area contributed by atoms with Gasteiger partial charge in [-0.3, -0.25) is 4.98 Å². The Labute approximate surface area is 208 Å². The van der Waals surface area contributed by atoms with Gasteiger partial charge in [-0.05, 0) is 42.7 Å². The molecule has 3 aromatic heterocycles. The van der Waals surface area contributed by atoms with Crippen LogP contribution in [0, 0.1) is 11.6 Å². The van der Waals surface area contributed by atoms with Gasteiger partial charge in [-0.2, -0.15) is 0 Å². The molecular formula is C24H24F4N8O. The van der Waals surface area contributed by atoms with Crippen LogP contribution in [0.25, 0.3) is 22.4 Å². The van der Waals surface area contributed by atoms with Crippen LogP contribution in [0.3, 0.4) is 0 Å². The minimum Gasteiger partial charge on any atom is -0.385 e. The summed E-state index contributed by atoms with van der Waals surface area (Å²) < 4.78 is 55.9. The monoisotopic (exact) mass is 516 g/mol. The molecule has 0 saturated carbocycles. The van der Waals surface area contributed by atoms with Crippen molar-refractivity contribution in [1.29, 1.82) is 0 Å². The first-order valence-electron chi connectivity index (χ1n) is 11.5. The number of imidazole rings is 1. The summed E-state index contributed by atoms with van der Waals surface area (Å²) in [5.74, 6) is -1.78. The minimum absolute atomic E-state index is 0.0303. The molecule has 4 heterocycles. The number of halogens is 4. The molecule has 5 rings (SSSR count). The lowest BCUT2D eigenvalue weighted by molar-refractivity contribution is -0.0529.